The van der Waals surface area contributed by atoms with Crippen LogP contribution < -0.4 is 5.32 Å². The summed E-state index contributed by atoms with van der Waals surface area (Å²) in [4.78, 5) is 4.20. The van der Waals surface area contributed by atoms with Crippen LogP contribution in [-0.4, -0.2) is 18.1 Å². The monoisotopic (exact) mass is 174 g/mol. The highest BCUT2D eigenvalue weighted by Gasteiger charge is 2.05. The minimum atomic E-state index is 0.989. The second-order valence-electron chi connectivity index (χ2n) is 3.43. The van der Waals surface area contributed by atoms with E-state index >= 15 is 0 Å². The van der Waals surface area contributed by atoms with Gasteiger partial charge in [-0.25, -0.2) is 0 Å². The molecule has 0 bridgehead atoms. The molecule has 1 aliphatic heterocycles. The number of rotatable bonds is 1. The number of hydrogen-bond acceptors (Lipinski definition) is 2. The summed E-state index contributed by atoms with van der Waals surface area (Å²) < 4.78 is 0. The molecule has 0 atom stereocenters. The highest BCUT2D eigenvalue weighted by atomic mass is 14.8. The molecule has 0 unspecified atom stereocenters. The summed E-state index contributed by atoms with van der Waals surface area (Å²) in [5.74, 6) is 0. The van der Waals surface area contributed by atoms with E-state index in [2.05, 4.69) is 29.4 Å². The standard InChI is InChI=1S/C11H14N2/c1-9-6-11(8-13-7-9)10-2-4-12-5-3-10/h2,6-8,12H,3-5H2,1H3. The van der Waals surface area contributed by atoms with Crippen LogP contribution in [0.5, 0.6) is 0 Å². The zero-order valence-electron chi connectivity index (χ0n) is 7.88. The highest BCUT2D eigenvalue weighted by Crippen LogP contribution is 2.19. The number of nitrogens with zero attached hydrogens (tertiary/aromatic N) is 1. The van der Waals surface area contributed by atoms with Gasteiger partial charge >= 0.3 is 0 Å². The van der Waals surface area contributed by atoms with E-state index in [-0.39, 0.29) is 0 Å². The molecule has 13 heavy (non-hydrogen) atoms. The molecule has 1 aliphatic rings. The van der Waals surface area contributed by atoms with E-state index in [0.29, 0.717) is 0 Å². The Balaban J connectivity index is 2.29. The van der Waals surface area contributed by atoms with Crippen molar-refractivity contribution >= 4 is 5.57 Å². The summed E-state index contributed by atoms with van der Waals surface area (Å²) >= 11 is 0. The van der Waals surface area contributed by atoms with Gasteiger partial charge in [-0.05, 0) is 42.7 Å². The fourth-order valence-electron chi connectivity index (χ4n) is 1.62. The average molecular weight is 174 g/mol. The Labute approximate surface area is 78.7 Å². The topological polar surface area (TPSA) is 24.9 Å². The molecule has 0 amide bonds. The van der Waals surface area contributed by atoms with Crippen LogP contribution in [-0.2, 0) is 0 Å². The van der Waals surface area contributed by atoms with Crippen molar-refractivity contribution in [2.75, 3.05) is 13.1 Å². The fraction of sp³-hybridized carbons (Fsp3) is 0.364. The Hall–Kier alpha value is -1.15. The maximum absolute atomic E-state index is 4.20. The first-order valence-corrected chi connectivity index (χ1v) is 4.68. The first-order valence-electron chi connectivity index (χ1n) is 4.68. The van der Waals surface area contributed by atoms with Crippen LogP contribution in [0, 0.1) is 6.92 Å². The highest BCUT2D eigenvalue weighted by molar-refractivity contribution is 5.66. The lowest BCUT2D eigenvalue weighted by Crippen LogP contribution is -2.20. The molecule has 0 radical (unpaired) electrons. The van der Waals surface area contributed by atoms with Crippen molar-refractivity contribution in [1.29, 1.82) is 0 Å². The van der Waals surface area contributed by atoms with E-state index in [9.17, 15) is 0 Å². The number of hydrogen-bond donors (Lipinski definition) is 1. The Kier molecular flexibility index (Phi) is 2.41. The number of aromatic nitrogens is 1. The smallest absolute Gasteiger partial charge is 0.0343 e. The Morgan fingerprint density at radius 2 is 2.31 bits per heavy atom. The largest absolute Gasteiger partial charge is 0.313 e. The normalized spacial score (nSPS) is 16.8. The van der Waals surface area contributed by atoms with Gasteiger partial charge in [0.25, 0.3) is 0 Å². The molecule has 0 fully saturated rings. The second-order valence-corrected chi connectivity index (χ2v) is 3.43. The zero-order valence-corrected chi connectivity index (χ0v) is 7.88. The Bertz CT molecular complexity index is 329. The van der Waals surface area contributed by atoms with Gasteiger partial charge in [-0.3, -0.25) is 4.98 Å². The van der Waals surface area contributed by atoms with Crippen LogP contribution in [0.4, 0.5) is 0 Å². The molecule has 2 nitrogen and oxygen atoms in total. The van der Waals surface area contributed by atoms with Crippen molar-refractivity contribution < 1.29 is 0 Å². The van der Waals surface area contributed by atoms with Crippen LogP contribution >= 0.6 is 0 Å². The summed E-state index contributed by atoms with van der Waals surface area (Å²) in [7, 11) is 0. The van der Waals surface area contributed by atoms with Crippen LogP contribution in [0.1, 0.15) is 17.5 Å². The molecule has 0 aromatic carbocycles. The molecule has 0 saturated carbocycles. The Morgan fingerprint density at radius 3 is 3.00 bits per heavy atom. The lowest BCUT2D eigenvalue weighted by Gasteiger charge is -2.13. The van der Waals surface area contributed by atoms with Crippen molar-refractivity contribution in [2.45, 2.75) is 13.3 Å². The lowest BCUT2D eigenvalue weighted by atomic mass is 10.0. The molecule has 1 aromatic rings. The minimum absolute atomic E-state index is 0.989. The summed E-state index contributed by atoms with van der Waals surface area (Å²) in [6.45, 7) is 4.15. The molecule has 1 N–H and O–H groups in total. The van der Waals surface area contributed by atoms with E-state index < -0.39 is 0 Å². The van der Waals surface area contributed by atoms with Gasteiger partial charge in [-0.1, -0.05) is 6.08 Å². The van der Waals surface area contributed by atoms with E-state index in [1.54, 1.807) is 0 Å². The number of pyridine rings is 1. The van der Waals surface area contributed by atoms with Gasteiger partial charge in [0.2, 0.25) is 0 Å². The minimum Gasteiger partial charge on any atom is -0.313 e. The molecule has 1 aromatic heterocycles. The van der Waals surface area contributed by atoms with E-state index in [1.807, 2.05) is 12.4 Å². The third-order valence-corrected chi connectivity index (χ3v) is 2.31. The quantitative estimate of drug-likeness (QED) is 0.701. The fourth-order valence-corrected chi connectivity index (χ4v) is 1.62. The van der Waals surface area contributed by atoms with Crippen molar-refractivity contribution in [1.82, 2.24) is 10.3 Å². The summed E-state index contributed by atoms with van der Waals surface area (Å²) in [5.41, 5.74) is 3.94. The van der Waals surface area contributed by atoms with Gasteiger partial charge < -0.3 is 5.32 Å². The first-order chi connectivity index (χ1) is 6.36. The average Bonchev–Trinajstić information content (AvgIpc) is 2.19. The predicted octanol–water partition coefficient (Wildman–Crippen LogP) is 1.77. The van der Waals surface area contributed by atoms with Gasteiger partial charge in [0.15, 0.2) is 0 Å². The third-order valence-electron chi connectivity index (χ3n) is 2.31. The molecular formula is C11H14N2. The van der Waals surface area contributed by atoms with Gasteiger partial charge in [0.1, 0.15) is 0 Å². The molecule has 2 heteroatoms. The maximum atomic E-state index is 4.20. The maximum Gasteiger partial charge on any atom is 0.0343 e. The van der Waals surface area contributed by atoms with Gasteiger partial charge in [0.05, 0.1) is 0 Å². The van der Waals surface area contributed by atoms with Crippen molar-refractivity contribution in [3.63, 3.8) is 0 Å². The zero-order chi connectivity index (χ0) is 9.10. The molecule has 2 rings (SSSR count). The van der Waals surface area contributed by atoms with Crippen LogP contribution in [0.3, 0.4) is 0 Å². The first kappa shape index (κ1) is 8.45. The van der Waals surface area contributed by atoms with E-state index in [4.69, 9.17) is 0 Å². The SMILES string of the molecule is Cc1cncc(C2=CCNCC2)c1. The molecule has 68 valence electrons. The molecule has 0 aliphatic carbocycles. The van der Waals surface area contributed by atoms with Gasteiger partial charge in [-0.2, -0.15) is 0 Å². The van der Waals surface area contributed by atoms with Crippen molar-refractivity contribution in [2.24, 2.45) is 0 Å². The predicted molar refractivity (Wildman–Crippen MR) is 54.4 cm³/mol. The summed E-state index contributed by atoms with van der Waals surface area (Å²) in [5, 5.41) is 3.30. The summed E-state index contributed by atoms with van der Waals surface area (Å²) in [6, 6.07) is 2.20. The molecular weight excluding hydrogens is 160 g/mol. The molecule has 0 saturated heterocycles. The van der Waals surface area contributed by atoms with E-state index in [1.165, 1.54) is 16.7 Å². The van der Waals surface area contributed by atoms with Crippen LogP contribution in [0.15, 0.2) is 24.5 Å². The Morgan fingerprint density at radius 1 is 1.38 bits per heavy atom. The van der Waals surface area contributed by atoms with Crippen molar-refractivity contribution in [3.8, 4) is 0 Å². The van der Waals surface area contributed by atoms with Crippen molar-refractivity contribution in [3.05, 3.63) is 35.7 Å². The van der Waals surface area contributed by atoms with Crippen LogP contribution in [0.25, 0.3) is 5.57 Å². The van der Waals surface area contributed by atoms with Gasteiger partial charge in [0, 0.05) is 18.9 Å². The summed E-state index contributed by atoms with van der Waals surface area (Å²) in [6.07, 6.45) is 7.21. The second kappa shape index (κ2) is 3.71. The van der Waals surface area contributed by atoms with E-state index in [0.717, 1.165) is 19.5 Å². The number of nitrogens with one attached hydrogen (secondary N) is 1. The van der Waals surface area contributed by atoms with Gasteiger partial charge in [-0.15, -0.1) is 0 Å². The lowest BCUT2D eigenvalue weighted by molar-refractivity contribution is 0.738. The van der Waals surface area contributed by atoms with Crippen LogP contribution in [0.2, 0.25) is 0 Å². The molecule has 0 spiro atoms. The number of aryl methyl sites for hydroxylation is 1. The molecule has 2 heterocycles. The third kappa shape index (κ3) is 1.95.